The standard InChI is InChI=1S/C19H28FN3O2/c1-2-21-18(23-9-6-17(24)13-23)22-14-19(7-10-25-11-8-19)15-4-3-5-16(20)12-15/h3-5,12,17,24H,2,6-11,13-14H2,1H3,(H,21,22)/t17-/m1/s1. The minimum Gasteiger partial charge on any atom is -0.391 e. The van der Waals surface area contributed by atoms with Crippen LogP contribution in [-0.2, 0) is 10.2 Å². The van der Waals surface area contributed by atoms with Crippen LogP contribution in [0.25, 0.3) is 0 Å². The van der Waals surface area contributed by atoms with Gasteiger partial charge in [-0.25, -0.2) is 4.39 Å². The van der Waals surface area contributed by atoms with Crippen LogP contribution in [0.15, 0.2) is 29.3 Å². The first kappa shape index (κ1) is 18.1. The van der Waals surface area contributed by atoms with Crippen molar-refractivity contribution in [2.45, 2.75) is 37.7 Å². The van der Waals surface area contributed by atoms with Crippen molar-refractivity contribution in [3.05, 3.63) is 35.6 Å². The number of halogens is 1. The van der Waals surface area contributed by atoms with Gasteiger partial charge in [-0.15, -0.1) is 0 Å². The van der Waals surface area contributed by atoms with Gasteiger partial charge in [-0.1, -0.05) is 12.1 Å². The summed E-state index contributed by atoms with van der Waals surface area (Å²) >= 11 is 0. The van der Waals surface area contributed by atoms with Gasteiger partial charge in [0.25, 0.3) is 0 Å². The van der Waals surface area contributed by atoms with Crippen LogP contribution in [0.4, 0.5) is 4.39 Å². The molecule has 1 atom stereocenters. The van der Waals surface area contributed by atoms with Gasteiger partial charge in [0.1, 0.15) is 5.82 Å². The van der Waals surface area contributed by atoms with Crippen molar-refractivity contribution in [1.29, 1.82) is 0 Å². The zero-order valence-corrected chi connectivity index (χ0v) is 14.9. The van der Waals surface area contributed by atoms with Crippen molar-refractivity contribution in [2.75, 3.05) is 39.4 Å². The molecule has 1 aromatic carbocycles. The number of ether oxygens (including phenoxy) is 1. The van der Waals surface area contributed by atoms with Crippen molar-refractivity contribution in [3.63, 3.8) is 0 Å². The van der Waals surface area contributed by atoms with E-state index in [4.69, 9.17) is 9.73 Å². The molecule has 25 heavy (non-hydrogen) atoms. The summed E-state index contributed by atoms with van der Waals surface area (Å²) in [5.41, 5.74) is 0.802. The highest BCUT2D eigenvalue weighted by molar-refractivity contribution is 5.80. The number of hydrogen-bond donors (Lipinski definition) is 2. The van der Waals surface area contributed by atoms with Gasteiger partial charge in [-0.3, -0.25) is 4.99 Å². The molecular formula is C19H28FN3O2. The molecule has 0 bridgehead atoms. The molecule has 138 valence electrons. The van der Waals surface area contributed by atoms with Crippen LogP contribution in [0.1, 0.15) is 31.7 Å². The van der Waals surface area contributed by atoms with Crippen molar-refractivity contribution in [3.8, 4) is 0 Å². The van der Waals surface area contributed by atoms with Crippen molar-refractivity contribution >= 4 is 5.96 Å². The van der Waals surface area contributed by atoms with Crippen LogP contribution in [0, 0.1) is 5.82 Å². The summed E-state index contributed by atoms with van der Waals surface area (Å²) in [5.74, 6) is 0.628. The fourth-order valence-electron chi connectivity index (χ4n) is 3.70. The summed E-state index contributed by atoms with van der Waals surface area (Å²) in [5, 5.41) is 13.1. The number of likely N-dealkylation sites (tertiary alicyclic amines) is 1. The summed E-state index contributed by atoms with van der Waals surface area (Å²) in [6.45, 7) is 6.18. The Bertz CT molecular complexity index is 602. The molecule has 3 rings (SSSR count). The first-order chi connectivity index (χ1) is 12.1. The Hall–Kier alpha value is -1.66. The highest BCUT2D eigenvalue weighted by Gasteiger charge is 2.35. The number of aliphatic hydroxyl groups is 1. The summed E-state index contributed by atoms with van der Waals surface area (Å²) in [6, 6.07) is 6.88. The van der Waals surface area contributed by atoms with Crippen LogP contribution >= 0.6 is 0 Å². The number of nitrogens with one attached hydrogen (secondary N) is 1. The molecule has 0 aliphatic carbocycles. The predicted molar refractivity (Wildman–Crippen MR) is 96.3 cm³/mol. The maximum Gasteiger partial charge on any atom is 0.194 e. The number of aliphatic hydroxyl groups excluding tert-OH is 1. The highest BCUT2D eigenvalue weighted by atomic mass is 19.1. The van der Waals surface area contributed by atoms with Crippen molar-refractivity contribution in [2.24, 2.45) is 4.99 Å². The third-order valence-corrected chi connectivity index (χ3v) is 5.22. The Kier molecular flexibility index (Phi) is 5.91. The Morgan fingerprint density at radius 1 is 1.44 bits per heavy atom. The van der Waals surface area contributed by atoms with Gasteiger partial charge < -0.3 is 20.1 Å². The number of β-amino-alcohol motifs (C(OH)–C–C–N with tert-alkyl or cyclic N) is 1. The number of aliphatic imine (C=N–C) groups is 1. The van der Waals surface area contributed by atoms with Gasteiger partial charge in [-0.2, -0.15) is 0 Å². The van der Waals surface area contributed by atoms with Crippen LogP contribution in [0.2, 0.25) is 0 Å². The second-order valence-corrected chi connectivity index (χ2v) is 6.96. The van der Waals surface area contributed by atoms with Crippen LogP contribution < -0.4 is 5.32 Å². The molecule has 0 aromatic heterocycles. The van der Waals surface area contributed by atoms with Gasteiger partial charge in [0.2, 0.25) is 0 Å². The molecule has 2 aliphatic heterocycles. The second-order valence-electron chi connectivity index (χ2n) is 6.96. The first-order valence-electron chi connectivity index (χ1n) is 9.18. The molecule has 0 spiro atoms. The molecule has 2 fully saturated rings. The maximum atomic E-state index is 13.8. The molecule has 0 saturated carbocycles. The molecule has 2 aliphatic rings. The van der Waals surface area contributed by atoms with Crippen molar-refractivity contribution in [1.82, 2.24) is 10.2 Å². The Labute approximate surface area is 148 Å². The van der Waals surface area contributed by atoms with Crippen LogP contribution in [0.3, 0.4) is 0 Å². The average Bonchev–Trinajstić information content (AvgIpc) is 3.06. The molecule has 6 heteroatoms. The monoisotopic (exact) mass is 349 g/mol. The second kappa shape index (κ2) is 8.15. The van der Waals surface area contributed by atoms with Gasteiger partial charge >= 0.3 is 0 Å². The predicted octanol–water partition coefficient (Wildman–Crippen LogP) is 1.91. The lowest BCUT2D eigenvalue weighted by molar-refractivity contribution is 0.0529. The molecule has 2 heterocycles. The SMILES string of the molecule is CCNC(=NCC1(c2cccc(F)c2)CCOCC1)N1CC[C@@H](O)C1. The van der Waals surface area contributed by atoms with Crippen LogP contribution in [0.5, 0.6) is 0 Å². The van der Waals surface area contributed by atoms with E-state index in [2.05, 4.69) is 10.2 Å². The number of hydrogen-bond acceptors (Lipinski definition) is 3. The number of benzene rings is 1. The fraction of sp³-hybridized carbons (Fsp3) is 0.632. The minimum atomic E-state index is -0.288. The first-order valence-corrected chi connectivity index (χ1v) is 9.18. The zero-order chi connectivity index (χ0) is 17.7. The average molecular weight is 349 g/mol. The maximum absolute atomic E-state index is 13.8. The minimum absolute atomic E-state index is 0.195. The normalized spacial score (nSPS) is 23.7. The van der Waals surface area contributed by atoms with E-state index in [1.54, 1.807) is 12.1 Å². The molecule has 0 amide bonds. The number of guanidine groups is 1. The molecule has 0 radical (unpaired) electrons. The summed E-state index contributed by atoms with van der Waals surface area (Å²) in [4.78, 5) is 6.98. The molecule has 1 aromatic rings. The highest BCUT2D eigenvalue weighted by Crippen LogP contribution is 2.35. The Morgan fingerprint density at radius 3 is 2.88 bits per heavy atom. The van der Waals surface area contributed by atoms with E-state index in [0.29, 0.717) is 26.3 Å². The number of nitrogens with zero attached hydrogens (tertiary/aromatic N) is 2. The van der Waals surface area contributed by atoms with E-state index in [1.807, 2.05) is 13.0 Å². The molecule has 0 unspecified atom stereocenters. The lowest BCUT2D eigenvalue weighted by atomic mass is 9.74. The van der Waals surface area contributed by atoms with Crippen LogP contribution in [-0.4, -0.2) is 61.5 Å². The third-order valence-electron chi connectivity index (χ3n) is 5.22. The molecule has 2 saturated heterocycles. The number of rotatable bonds is 4. The van der Waals surface area contributed by atoms with E-state index < -0.39 is 0 Å². The zero-order valence-electron chi connectivity index (χ0n) is 14.9. The fourth-order valence-corrected chi connectivity index (χ4v) is 3.70. The Morgan fingerprint density at radius 2 is 2.24 bits per heavy atom. The van der Waals surface area contributed by atoms with E-state index in [1.165, 1.54) is 6.07 Å². The molecular weight excluding hydrogens is 321 g/mol. The molecule has 5 nitrogen and oxygen atoms in total. The Balaban J connectivity index is 1.83. The van der Waals surface area contributed by atoms with E-state index in [9.17, 15) is 9.50 Å². The van der Waals surface area contributed by atoms with Gasteiger partial charge in [0.15, 0.2) is 5.96 Å². The summed E-state index contributed by atoms with van der Waals surface area (Å²) in [7, 11) is 0. The van der Waals surface area contributed by atoms with Gasteiger partial charge in [-0.05, 0) is 43.9 Å². The quantitative estimate of drug-likeness (QED) is 0.644. The van der Waals surface area contributed by atoms with Gasteiger partial charge in [0, 0.05) is 38.3 Å². The van der Waals surface area contributed by atoms with Gasteiger partial charge in [0.05, 0.1) is 12.6 Å². The molecule has 2 N–H and O–H groups in total. The largest absolute Gasteiger partial charge is 0.391 e. The lowest BCUT2D eigenvalue weighted by Crippen LogP contribution is -2.43. The third kappa shape index (κ3) is 4.30. The smallest absolute Gasteiger partial charge is 0.194 e. The topological polar surface area (TPSA) is 57.1 Å². The van der Waals surface area contributed by atoms with E-state index in [0.717, 1.165) is 43.9 Å². The van der Waals surface area contributed by atoms with E-state index >= 15 is 0 Å². The summed E-state index contributed by atoms with van der Waals surface area (Å²) in [6.07, 6.45) is 2.15. The lowest BCUT2D eigenvalue weighted by Gasteiger charge is -2.37. The van der Waals surface area contributed by atoms with E-state index in [-0.39, 0.29) is 17.3 Å². The van der Waals surface area contributed by atoms with Crippen molar-refractivity contribution < 1.29 is 14.2 Å². The summed E-state index contributed by atoms with van der Waals surface area (Å²) < 4.78 is 19.3.